The average molecular weight is 331 g/mol. The number of fused-ring (bicyclic) bond motifs is 1. The Morgan fingerprint density at radius 1 is 1.48 bits per heavy atom. The highest BCUT2D eigenvalue weighted by atomic mass is 32.1. The zero-order valence-electron chi connectivity index (χ0n) is 13.0. The van der Waals surface area contributed by atoms with Crippen molar-refractivity contribution in [3.05, 3.63) is 39.8 Å². The van der Waals surface area contributed by atoms with Gasteiger partial charge in [-0.3, -0.25) is 9.89 Å². The van der Waals surface area contributed by atoms with E-state index in [0.717, 1.165) is 44.7 Å². The molecule has 0 radical (unpaired) electrons. The minimum absolute atomic E-state index is 0.0567. The predicted molar refractivity (Wildman–Crippen MR) is 88.5 cm³/mol. The topological polar surface area (TPSA) is 58.2 Å². The molecule has 2 aromatic heterocycles. The largest absolute Gasteiger partial charge is 0.372 e. The molecule has 0 bridgehead atoms. The molecule has 1 N–H and O–H groups in total. The molecule has 4 heterocycles. The van der Waals surface area contributed by atoms with Crippen LogP contribution in [0.2, 0.25) is 0 Å². The van der Waals surface area contributed by atoms with Crippen molar-refractivity contribution in [2.75, 3.05) is 19.7 Å². The summed E-state index contributed by atoms with van der Waals surface area (Å²) < 4.78 is 5.87. The molecule has 1 saturated heterocycles. The Hall–Kier alpha value is -1.66. The first-order valence-corrected chi connectivity index (χ1v) is 9.14. The van der Waals surface area contributed by atoms with Gasteiger partial charge in [-0.25, -0.2) is 0 Å². The Morgan fingerprint density at radius 2 is 2.43 bits per heavy atom. The van der Waals surface area contributed by atoms with Crippen LogP contribution in [-0.2, 0) is 16.0 Å². The first-order valence-electron chi connectivity index (χ1n) is 8.26. The van der Waals surface area contributed by atoms with Gasteiger partial charge in [-0.15, -0.1) is 11.3 Å². The van der Waals surface area contributed by atoms with Gasteiger partial charge in [0.1, 0.15) is 6.10 Å². The second kappa shape index (κ2) is 6.45. The number of likely N-dealkylation sites (tertiary alicyclic amines) is 1. The van der Waals surface area contributed by atoms with Crippen LogP contribution in [0, 0.1) is 0 Å². The minimum atomic E-state index is -0.0567. The molecular weight excluding hydrogens is 310 g/mol. The van der Waals surface area contributed by atoms with E-state index >= 15 is 0 Å². The van der Waals surface area contributed by atoms with Gasteiger partial charge in [0, 0.05) is 35.8 Å². The third kappa shape index (κ3) is 3.05. The number of nitrogens with zero attached hydrogens (tertiary/aromatic N) is 2. The lowest BCUT2D eigenvalue weighted by Crippen LogP contribution is -2.40. The minimum Gasteiger partial charge on any atom is -0.372 e. The van der Waals surface area contributed by atoms with Gasteiger partial charge in [-0.2, -0.15) is 5.10 Å². The van der Waals surface area contributed by atoms with Crippen LogP contribution < -0.4 is 0 Å². The van der Waals surface area contributed by atoms with Gasteiger partial charge in [-0.05, 0) is 42.3 Å². The molecule has 0 aromatic carbocycles. The SMILES string of the molecule is O=C(CC1OCCc2ccsc21)N1CCCC(c2ccn[nH]2)C1. The zero-order chi connectivity index (χ0) is 15.6. The van der Waals surface area contributed by atoms with Crippen LogP contribution in [0.15, 0.2) is 23.7 Å². The molecule has 0 aliphatic carbocycles. The second-order valence-corrected chi connectivity index (χ2v) is 7.26. The molecule has 2 atom stereocenters. The Labute approximate surface area is 139 Å². The Morgan fingerprint density at radius 3 is 3.30 bits per heavy atom. The van der Waals surface area contributed by atoms with Crippen molar-refractivity contribution in [2.24, 2.45) is 0 Å². The monoisotopic (exact) mass is 331 g/mol. The normalized spacial score (nSPS) is 24.4. The summed E-state index contributed by atoms with van der Waals surface area (Å²) in [5, 5.41) is 9.18. The van der Waals surface area contributed by atoms with Gasteiger partial charge in [-0.1, -0.05) is 0 Å². The van der Waals surface area contributed by atoms with Crippen molar-refractivity contribution in [3.8, 4) is 0 Å². The van der Waals surface area contributed by atoms with Crippen molar-refractivity contribution in [1.29, 1.82) is 0 Å². The first-order chi connectivity index (χ1) is 11.3. The van der Waals surface area contributed by atoms with Crippen molar-refractivity contribution in [2.45, 2.75) is 37.7 Å². The van der Waals surface area contributed by atoms with Crippen LogP contribution in [0.25, 0.3) is 0 Å². The molecule has 23 heavy (non-hydrogen) atoms. The summed E-state index contributed by atoms with van der Waals surface area (Å²) in [5.74, 6) is 0.584. The number of amides is 1. The second-order valence-electron chi connectivity index (χ2n) is 6.31. The standard InChI is InChI=1S/C17H21N3O2S/c21-16(10-15-17-12(4-8-22-15)5-9-23-17)20-7-1-2-13(11-20)14-3-6-18-19-14/h3,5-6,9,13,15H,1-2,4,7-8,10-11H2,(H,18,19). The van der Waals surface area contributed by atoms with Crippen LogP contribution >= 0.6 is 11.3 Å². The number of nitrogens with one attached hydrogen (secondary N) is 1. The van der Waals surface area contributed by atoms with Crippen molar-refractivity contribution in [1.82, 2.24) is 15.1 Å². The van der Waals surface area contributed by atoms with E-state index in [0.29, 0.717) is 12.3 Å². The number of aromatic amines is 1. The molecule has 2 aromatic rings. The van der Waals surface area contributed by atoms with Crippen LogP contribution in [0.5, 0.6) is 0 Å². The average Bonchev–Trinajstić information content (AvgIpc) is 3.27. The lowest BCUT2D eigenvalue weighted by molar-refractivity contribution is -0.135. The van der Waals surface area contributed by atoms with Crippen molar-refractivity contribution in [3.63, 3.8) is 0 Å². The molecular formula is C17H21N3O2S. The van der Waals surface area contributed by atoms with E-state index in [1.165, 1.54) is 10.4 Å². The van der Waals surface area contributed by atoms with Crippen LogP contribution in [-0.4, -0.2) is 40.7 Å². The summed E-state index contributed by atoms with van der Waals surface area (Å²) in [6.07, 6.45) is 5.31. The summed E-state index contributed by atoms with van der Waals surface area (Å²) >= 11 is 1.71. The highest BCUT2D eigenvalue weighted by Crippen LogP contribution is 2.35. The number of ether oxygens (including phenoxy) is 1. The fraction of sp³-hybridized carbons (Fsp3) is 0.529. The molecule has 0 saturated carbocycles. The number of hydrogen-bond acceptors (Lipinski definition) is 4. The maximum Gasteiger partial charge on any atom is 0.225 e. The maximum atomic E-state index is 12.7. The lowest BCUT2D eigenvalue weighted by Gasteiger charge is -2.33. The smallest absolute Gasteiger partial charge is 0.225 e. The molecule has 122 valence electrons. The van der Waals surface area contributed by atoms with Crippen LogP contribution in [0.1, 0.15) is 47.4 Å². The Bertz CT molecular complexity index is 667. The number of piperidine rings is 1. The van der Waals surface area contributed by atoms with E-state index < -0.39 is 0 Å². The van der Waals surface area contributed by atoms with Crippen molar-refractivity contribution < 1.29 is 9.53 Å². The van der Waals surface area contributed by atoms with Crippen LogP contribution in [0.3, 0.4) is 0 Å². The van der Waals surface area contributed by atoms with Gasteiger partial charge in [0.25, 0.3) is 0 Å². The molecule has 6 heteroatoms. The number of carbonyl (C=O) groups is 1. The van der Waals surface area contributed by atoms with Crippen LogP contribution in [0.4, 0.5) is 0 Å². The van der Waals surface area contributed by atoms with Gasteiger partial charge >= 0.3 is 0 Å². The van der Waals surface area contributed by atoms with Gasteiger partial charge in [0.15, 0.2) is 0 Å². The quantitative estimate of drug-likeness (QED) is 0.941. The zero-order valence-corrected chi connectivity index (χ0v) is 13.8. The molecule has 2 aliphatic heterocycles. The third-order valence-electron chi connectivity index (χ3n) is 4.86. The lowest BCUT2D eigenvalue weighted by atomic mass is 9.94. The highest BCUT2D eigenvalue weighted by Gasteiger charge is 2.30. The summed E-state index contributed by atoms with van der Waals surface area (Å²) in [4.78, 5) is 16.0. The number of carbonyl (C=O) groups excluding carboxylic acids is 1. The number of H-pyrrole nitrogens is 1. The summed E-state index contributed by atoms with van der Waals surface area (Å²) in [7, 11) is 0. The maximum absolute atomic E-state index is 12.7. The molecule has 2 unspecified atom stereocenters. The summed E-state index contributed by atoms with van der Waals surface area (Å²) in [6, 6.07) is 4.18. The Balaban J connectivity index is 1.42. The van der Waals surface area contributed by atoms with Gasteiger partial charge in [0.2, 0.25) is 5.91 Å². The molecule has 1 amide bonds. The fourth-order valence-electron chi connectivity index (χ4n) is 3.61. The first kappa shape index (κ1) is 14.9. The Kier molecular flexibility index (Phi) is 4.18. The van der Waals surface area contributed by atoms with E-state index in [-0.39, 0.29) is 12.0 Å². The van der Waals surface area contributed by atoms with E-state index in [9.17, 15) is 4.79 Å². The number of thiophene rings is 1. The van der Waals surface area contributed by atoms with E-state index in [4.69, 9.17) is 4.74 Å². The van der Waals surface area contributed by atoms with E-state index in [2.05, 4.69) is 21.6 Å². The highest BCUT2D eigenvalue weighted by molar-refractivity contribution is 7.10. The summed E-state index contributed by atoms with van der Waals surface area (Å²) in [6.45, 7) is 2.36. The van der Waals surface area contributed by atoms with E-state index in [1.54, 1.807) is 17.5 Å². The number of hydrogen-bond donors (Lipinski definition) is 1. The van der Waals surface area contributed by atoms with E-state index in [1.807, 2.05) is 11.0 Å². The van der Waals surface area contributed by atoms with Gasteiger partial charge < -0.3 is 9.64 Å². The van der Waals surface area contributed by atoms with Crippen molar-refractivity contribution >= 4 is 17.2 Å². The fourth-order valence-corrected chi connectivity index (χ4v) is 4.62. The number of aromatic nitrogens is 2. The summed E-state index contributed by atoms with van der Waals surface area (Å²) in [5.41, 5.74) is 2.49. The molecule has 5 nitrogen and oxygen atoms in total. The number of rotatable bonds is 3. The van der Waals surface area contributed by atoms with Gasteiger partial charge in [0.05, 0.1) is 13.0 Å². The molecule has 0 spiro atoms. The third-order valence-corrected chi connectivity index (χ3v) is 5.91. The molecule has 2 aliphatic rings. The molecule has 4 rings (SSSR count). The molecule has 1 fully saturated rings. The predicted octanol–water partition coefficient (Wildman–Crippen LogP) is 2.88.